The van der Waals surface area contributed by atoms with Gasteiger partial charge in [-0.1, -0.05) is 12.1 Å². The number of nitrogens with zero attached hydrogens (tertiary/aromatic N) is 2. The quantitative estimate of drug-likeness (QED) is 0.769. The maximum Gasteiger partial charge on any atom is 0.253 e. The molecule has 154 valence electrons. The lowest BCUT2D eigenvalue weighted by molar-refractivity contribution is -0.150. The Hall–Kier alpha value is -2.03. The molecule has 28 heavy (non-hydrogen) atoms. The summed E-state index contributed by atoms with van der Waals surface area (Å²) < 4.78 is 18.7. The minimum atomic E-state index is -1.58. The number of β-amino-alcohol motifs (C(OH)–C–C–N with tert-alkyl or cyclic N) is 1. The first-order chi connectivity index (χ1) is 13.4. The van der Waals surface area contributed by atoms with E-state index in [0.717, 1.165) is 5.56 Å². The molecule has 2 aliphatic heterocycles. The minimum absolute atomic E-state index is 0.00688. The van der Waals surface area contributed by atoms with Gasteiger partial charge in [0.25, 0.3) is 5.91 Å². The van der Waals surface area contributed by atoms with Gasteiger partial charge in [0.15, 0.2) is 5.60 Å². The molecular formula is C20H28FN3O4. The zero-order chi connectivity index (χ0) is 20.1. The first kappa shape index (κ1) is 20.7. The Morgan fingerprint density at radius 2 is 1.93 bits per heavy atom. The Balaban J connectivity index is 1.69. The van der Waals surface area contributed by atoms with Crippen molar-refractivity contribution in [2.24, 2.45) is 0 Å². The average Bonchev–Trinajstić information content (AvgIpc) is 2.70. The average molecular weight is 393 g/mol. The molecule has 2 N–H and O–H groups in total. The van der Waals surface area contributed by atoms with Crippen molar-refractivity contribution in [3.8, 4) is 0 Å². The van der Waals surface area contributed by atoms with Crippen LogP contribution in [0.1, 0.15) is 31.4 Å². The molecule has 2 aliphatic rings. The van der Waals surface area contributed by atoms with Crippen molar-refractivity contribution in [2.45, 2.75) is 31.4 Å². The number of hydrogen-bond acceptors (Lipinski definition) is 5. The normalized spacial score (nSPS) is 24.6. The van der Waals surface area contributed by atoms with Crippen LogP contribution in [0, 0.1) is 5.82 Å². The van der Waals surface area contributed by atoms with Gasteiger partial charge in [-0.3, -0.25) is 14.5 Å². The molecule has 7 nitrogen and oxygen atoms in total. The lowest BCUT2D eigenvalue weighted by Crippen LogP contribution is -2.58. The second-order valence-corrected chi connectivity index (χ2v) is 7.50. The molecule has 2 heterocycles. The third kappa shape index (κ3) is 4.87. The van der Waals surface area contributed by atoms with Gasteiger partial charge in [0.1, 0.15) is 5.82 Å². The number of morpholine rings is 1. The molecule has 0 spiro atoms. The molecular weight excluding hydrogens is 365 g/mol. The Bertz CT molecular complexity index is 693. The van der Waals surface area contributed by atoms with Crippen LogP contribution in [-0.4, -0.2) is 78.3 Å². The van der Waals surface area contributed by atoms with E-state index in [2.05, 4.69) is 10.2 Å². The van der Waals surface area contributed by atoms with Crippen LogP contribution in [-0.2, 0) is 14.3 Å². The van der Waals surface area contributed by atoms with Crippen LogP contribution in [0.25, 0.3) is 0 Å². The number of carbonyl (C=O) groups is 2. The summed E-state index contributed by atoms with van der Waals surface area (Å²) in [5.41, 5.74) is -0.688. The fourth-order valence-corrected chi connectivity index (χ4v) is 3.88. The SMILES string of the molecule is CC(=O)N1CCCC(O)(C(=O)NCC(c2ccc(F)cc2)N2CCOCC2)C1. The van der Waals surface area contributed by atoms with Crippen molar-refractivity contribution in [1.82, 2.24) is 15.1 Å². The Morgan fingerprint density at radius 1 is 1.25 bits per heavy atom. The summed E-state index contributed by atoms with van der Waals surface area (Å²) in [7, 11) is 0. The van der Waals surface area contributed by atoms with Crippen molar-refractivity contribution in [3.63, 3.8) is 0 Å². The summed E-state index contributed by atoms with van der Waals surface area (Å²) in [6.07, 6.45) is 0.899. The van der Waals surface area contributed by atoms with Crippen LogP contribution in [0.4, 0.5) is 4.39 Å². The van der Waals surface area contributed by atoms with Crippen LogP contribution in [0.3, 0.4) is 0 Å². The van der Waals surface area contributed by atoms with Gasteiger partial charge in [0, 0.05) is 33.1 Å². The smallest absolute Gasteiger partial charge is 0.253 e. The fourth-order valence-electron chi connectivity index (χ4n) is 3.88. The zero-order valence-electron chi connectivity index (χ0n) is 16.2. The predicted octanol–water partition coefficient (Wildman–Crippen LogP) is 0.689. The first-order valence-electron chi connectivity index (χ1n) is 9.72. The van der Waals surface area contributed by atoms with E-state index in [1.54, 1.807) is 12.1 Å². The van der Waals surface area contributed by atoms with Crippen LogP contribution in [0.2, 0.25) is 0 Å². The molecule has 1 aromatic rings. The summed E-state index contributed by atoms with van der Waals surface area (Å²) in [5.74, 6) is -0.934. The monoisotopic (exact) mass is 393 g/mol. The number of carbonyl (C=O) groups excluding carboxylic acids is 2. The molecule has 8 heteroatoms. The Labute approximate surface area is 164 Å². The van der Waals surface area contributed by atoms with Gasteiger partial charge < -0.3 is 20.1 Å². The second kappa shape index (κ2) is 8.98. The highest BCUT2D eigenvalue weighted by Gasteiger charge is 2.41. The van der Waals surface area contributed by atoms with Gasteiger partial charge in [-0.2, -0.15) is 0 Å². The van der Waals surface area contributed by atoms with Crippen LogP contribution in [0.5, 0.6) is 0 Å². The number of rotatable bonds is 5. The number of piperidine rings is 1. The third-order valence-corrected chi connectivity index (χ3v) is 5.54. The van der Waals surface area contributed by atoms with E-state index in [9.17, 15) is 19.1 Å². The van der Waals surface area contributed by atoms with Crippen LogP contribution in [0.15, 0.2) is 24.3 Å². The van der Waals surface area contributed by atoms with Gasteiger partial charge in [0.05, 0.1) is 25.8 Å². The molecule has 0 aliphatic carbocycles. The first-order valence-corrected chi connectivity index (χ1v) is 9.72. The number of nitrogens with one attached hydrogen (secondary N) is 1. The van der Waals surface area contributed by atoms with E-state index >= 15 is 0 Å². The summed E-state index contributed by atoms with van der Waals surface area (Å²) in [6, 6.07) is 6.10. The number of benzene rings is 1. The highest BCUT2D eigenvalue weighted by molar-refractivity contribution is 5.86. The van der Waals surface area contributed by atoms with E-state index in [1.165, 1.54) is 24.0 Å². The van der Waals surface area contributed by atoms with Crippen molar-refractivity contribution in [1.29, 1.82) is 0 Å². The van der Waals surface area contributed by atoms with Gasteiger partial charge >= 0.3 is 0 Å². The highest BCUT2D eigenvalue weighted by Crippen LogP contribution is 2.24. The zero-order valence-corrected chi connectivity index (χ0v) is 16.2. The van der Waals surface area contributed by atoms with Crippen LogP contribution >= 0.6 is 0 Å². The summed E-state index contributed by atoms with van der Waals surface area (Å²) >= 11 is 0. The molecule has 0 saturated carbocycles. The third-order valence-electron chi connectivity index (χ3n) is 5.54. The number of ether oxygens (including phenoxy) is 1. The molecule has 0 radical (unpaired) electrons. The van der Waals surface area contributed by atoms with Gasteiger partial charge in [-0.05, 0) is 30.5 Å². The van der Waals surface area contributed by atoms with Gasteiger partial charge in [0.2, 0.25) is 5.91 Å². The molecule has 3 rings (SSSR count). The van der Waals surface area contributed by atoms with Gasteiger partial charge in [-0.15, -0.1) is 0 Å². The summed E-state index contributed by atoms with van der Waals surface area (Å²) in [4.78, 5) is 28.1. The Kier molecular flexibility index (Phi) is 6.64. The number of hydrogen-bond donors (Lipinski definition) is 2. The molecule has 0 aromatic heterocycles. The maximum atomic E-state index is 13.3. The molecule has 2 unspecified atom stereocenters. The van der Waals surface area contributed by atoms with E-state index in [1.807, 2.05) is 0 Å². The number of aliphatic hydroxyl groups is 1. The molecule has 2 amide bonds. The number of halogens is 1. The molecule has 0 bridgehead atoms. The summed E-state index contributed by atoms with van der Waals surface area (Å²) in [5, 5.41) is 13.7. The van der Waals surface area contributed by atoms with E-state index in [-0.39, 0.29) is 30.9 Å². The molecule has 2 fully saturated rings. The molecule has 2 saturated heterocycles. The topological polar surface area (TPSA) is 82.1 Å². The number of amides is 2. The largest absolute Gasteiger partial charge is 0.379 e. The lowest BCUT2D eigenvalue weighted by Gasteiger charge is -2.39. The van der Waals surface area contributed by atoms with Crippen LogP contribution < -0.4 is 5.32 Å². The van der Waals surface area contributed by atoms with E-state index in [4.69, 9.17) is 4.74 Å². The Morgan fingerprint density at radius 3 is 2.57 bits per heavy atom. The highest BCUT2D eigenvalue weighted by atomic mass is 19.1. The molecule has 2 atom stereocenters. The van der Waals surface area contributed by atoms with Crippen molar-refractivity contribution in [3.05, 3.63) is 35.6 Å². The molecule has 1 aromatic carbocycles. The van der Waals surface area contributed by atoms with Crippen molar-refractivity contribution in [2.75, 3.05) is 45.9 Å². The summed E-state index contributed by atoms with van der Waals surface area (Å²) in [6.45, 7) is 4.90. The predicted molar refractivity (Wildman–Crippen MR) is 101 cm³/mol. The fraction of sp³-hybridized carbons (Fsp3) is 0.600. The maximum absolute atomic E-state index is 13.3. The van der Waals surface area contributed by atoms with E-state index < -0.39 is 11.5 Å². The second-order valence-electron chi connectivity index (χ2n) is 7.50. The van der Waals surface area contributed by atoms with Gasteiger partial charge in [-0.25, -0.2) is 4.39 Å². The van der Waals surface area contributed by atoms with Crippen molar-refractivity contribution >= 4 is 11.8 Å². The van der Waals surface area contributed by atoms with E-state index in [0.29, 0.717) is 45.7 Å². The standard InChI is InChI=1S/C20H28FN3O4/c1-15(25)24-8-2-7-20(27,14-24)19(26)22-13-18(23-9-11-28-12-10-23)16-3-5-17(21)6-4-16/h3-6,18,27H,2,7-14H2,1H3,(H,22,26). The van der Waals surface area contributed by atoms with Crippen molar-refractivity contribution < 1.29 is 23.8 Å². The number of likely N-dealkylation sites (tertiary alicyclic amines) is 1. The lowest BCUT2D eigenvalue weighted by atomic mass is 9.91. The minimum Gasteiger partial charge on any atom is -0.379 e.